The lowest BCUT2D eigenvalue weighted by atomic mass is 10.3. The quantitative estimate of drug-likeness (QED) is 0.529. The molecule has 0 bridgehead atoms. The van der Waals surface area contributed by atoms with Gasteiger partial charge in [-0.15, -0.1) is 5.10 Å². The predicted octanol–water partition coefficient (Wildman–Crippen LogP) is 2.69. The van der Waals surface area contributed by atoms with E-state index >= 15 is 0 Å². The van der Waals surface area contributed by atoms with Crippen molar-refractivity contribution in [3.63, 3.8) is 0 Å². The molecule has 0 spiro atoms. The Kier molecular flexibility index (Phi) is 5.30. The summed E-state index contributed by atoms with van der Waals surface area (Å²) in [5.74, 6) is 0.335. The van der Waals surface area contributed by atoms with Crippen molar-refractivity contribution in [3.05, 3.63) is 77.5 Å². The first-order valence-corrected chi connectivity index (χ1v) is 9.56. The van der Waals surface area contributed by atoms with Crippen LogP contribution in [0.4, 0.5) is 5.69 Å². The van der Waals surface area contributed by atoms with E-state index in [9.17, 15) is 9.59 Å². The number of nitrogens with one attached hydrogen (secondary N) is 1. The lowest BCUT2D eigenvalue weighted by Crippen LogP contribution is -2.28. The number of hydrogen-bond donors (Lipinski definition) is 1. The molecule has 0 unspecified atom stereocenters. The van der Waals surface area contributed by atoms with E-state index in [0.717, 1.165) is 9.58 Å². The van der Waals surface area contributed by atoms with E-state index in [0.29, 0.717) is 22.1 Å². The molecule has 0 atom stereocenters. The van der Waals surface area contributed by atoms with Crippen LogP contribution in [0.15, 0.2) is 81.7 Å². The second-order valence-electron chi connectivity index (χ2n) is 6.06. The van der Waals surface area contributed by atoms with Gasteiger partial charge in [-0.1, -0.05) is 30.0 Å². The first-order valence-electron chi connectivity index (χ1n) is 8.75. The lowest BCUT2D eigenvalue weighted by Gasteiger charge is -2.05. The maximum absolute atomic E-state index is 12.6. The summed E-state index contributed by atoms with van der Waals surface area (Å²) in [5.41, 5.74) is 0.611. The van der Waals surface area contributed by atoms with Gasteiger partial charge in [0.1, 0.15) is 17.3 Å². The zero-order valence-electron chi connectivity index (χ0n) is 15.5. The Morgan fingerprint density at radius 3 is 2.62 bits per heavy atom. The Balaban J connectivity index is 1.56. The SMILES string of the molecule is COc1ccc(NC(=O)Cn2nc3c(Sc4ccccc4)nccn3c2=O)cc1. The minimum atomic E-state index is -0.401. The van der Waals surface area contributed by atoms with Gasteiger partial charge >= 0.3 is 5.69 Å². The summed E-state index contributed by atoms with van der Waals surface area (Å²) in [7, 11) is 1.57. The van der Waals surface area contributed by atoms with Crippen LogP contribution >= 0.6 is 11.8 Å². The van der Waals surface area contributed by atoms with Gasteiger partial charge in [-0.05, 0) is 36.4 Å². The summed E-state index contributed by atoms with van der Waals surface area (Å²) in [4.78, 5) is 30.3. The second kappa shape index (κ2) is 8.19. The molecule has 0 saturated heterocycles. The second-order valence-corrected chi connectivity index (χ2v) is 7.12. The van der Waals surface area contributed by atoms with Gasteiger partial charge in [-0.3, -0.25) is 4.79 Å². The van der Waals surface area contributed by atoms with Crippen LogP contribution in [0.5, 0.6) is 5.75 Å². The number of carbonyl (C=O) groups excluding carboxylic acids is 1. The highest BCUT2D eigenvalue weighted by Crippen LogP contribution is 2.27. The number of ether oxygens (including phenoxy) is 1. The largest absolute Gasteiger partial charge is 0.497 e. The van der Waals surface area contributed by atoms with Gasteiger partial charge in [0.05, 0.1) is 7.11 Å². The van der Waals surface area contributed by atoms with Crippen LogP contribution in [0.1, 0.15) is 0 Å². The molecule has 0 radical (unpaired) electrons. The number of rotatable bonds is 6. The van der Waals surface area contributed by atoms with Crippen LogP contribution in [0.2, 0.25) is 0 Å². The third-order valence-corrected chi connectivity index (χ3v) is 5.08. The van der Waals surface area contributed by atoms with Crippen LogP contribution in [0.25, 0.3) is 5.65 Å². The normalized spacial score (nSPS) is 10.8. The zero-order valence-corrected chi connectivity index (χ0v) is 16.3. The molecule has 2 aromatic heterocycles. The van der Waals surface area contributed by atoms with Gasteiger partial charge in [0, 0.05) is 23.0 Å². The van der Waals surface area contributed by atoms with E-state index in [2.05, 4.69) is 15.4 Å². The van der Waals surface area contributed by atoms with Gasteiger partial charge in [0.25, 0.3) is 0 Å². The van der Waals surface area contributed by atoms with Crippen molar-refractivity contribution in [3.8, 4) is 5.75 Å². The third-order valence-electron chi connectivity index (χ3n) is 4.09. The van der Waals surface area contributed by atoms with Gasteiger partial charge in [0.15, 0.2) is 5.65 Å². The van der Waals surface area contributed by atoms with E-state index < -0.39 is 5.69 Å². The zero-order chi connectivity index (χ0) is 20.2. The van der Waals surface area contributed by atoms with Crippen LogP contribution in [-0.4, -0.2) is 32.2 Å². The van der Waals surface area contributed by atoms with E-state index in [1.807, 2.05) is 30.3 Å². The van der Waals surface area contributed by atoms with E-state index in [4.69, 9.17) is 4.74 Å². The molecule has 0 fully saturated rings. The summed E-state index contributed by atoms with van der Waals surface area (Å²) >= 11 is 1.41. The molecule has 0 saturated carbocycles. The molecular weight excluding hydrogens is 390 g/mol. The van der Waals surface area contributed by atoms with E-state index in [1.54, 1.807) is 37.6 Å². The van der Waals surface area contributed by atoms with Crippen molar-refractivity contribution in [1.29, 1.82) is 0 Å². The van der Waals surface area contributed by atoms with Crippen LogP contribution in [0.3, 0.4) is 0 Å². The number of hydrogen-bond acceptors (Lipinski definition) is 6. The fraction of sp³-hybridized carbons (Fsp3) is 0.100. The van der Waals surface area contributed by atoms with Crippen molar-refractivity contribution >= 4 is 29.0 Å². The van der Waals surface area contributed by atoms with Crippen LogP contribution < -0.4 is 15.7 Å². The number of carbonyl (C=O) groups is 1. The summed E-state index contributed by atoms with van der Waals surface area (Å²) in [6.07, 6.45) is 3.08. The maximum Gasteiger partial charge on any atom is 0.350 e. The third kappa shape index (κ3) is 4.14. The molecule has 8 nitrogen and oxygen atoms in total. The highest BCUT2D eigenvalue weighted by molar-refractivity contribution is 7.99. The smallest absolute Gasteiger partial charge is 0.350 e. The lowest BCUT2D eigenvalue weighted by molar-refractivity contribution is -0.117. The van der Waals surface area contributed by atoms with Crippen molar-refractivity contribution < 1.29 is 9.53 Å². The minimum absolute atomic E-state index is 0.206. The fourth-order valence-corrected chi connectivity index (χ4v) is 3.57. The first kappa shape index (κ1) is 18.8. The van der Waals surface area contributed by atoms with Gasteiger partial charge in [-0.25, -0.2) is 18.9 Å². The van der Waals surface area contributed by atoms with Gasteiger partial charge in [0.2, 0.25) is 5.91 Å². The Labute approximate surface area is 170 Å². The Morgan fingerprint density at radius 2 is 1.90 bits per heavy atom. The van der Waals surface area contributed by atoms with Crippen molar-refractivity contribution in [1.82, 2.24) is 19.2 Å². The molecule has 0 aliphatic heterocycles. The molecule has 1 N–H and O–H groups in total. The fourth-order valence-electron chi connectivity index (χ4n) is 2.71. The summed E-state index contributed by atoms with van der Waals surface area (Å²) in [5, 5.41) is 7.65. The molecule has 1 amide bonds. The maximum atomic E-state index is 12.6. The number of methoxy groups -OCH3 is 1. The molecule has 29 heavy (non-hydrogen) atoms. The Hall–Kier alpha value is -3.59. The number of anilines is 1. The number of nitrogens with zero attached hydrogens (tertiary/aromatic N) is 4. The highest BCUT2D eigenvalue weighted by Gasteiger charge is 2.15. The number of fused-ring (bicyclic) bond motifs is 1. The standard InChI is InChI=1S/C20H17N5O3S/c1-28-15-9-7-14(8-10-15)22-17(26)13-25-20(27)24-12-11-21-19(18(24)23-25)29-16-5-3-2-4-6-16/h2-12H,13H2,1H3,(H,22,26). The molecule has 4 aromatic rings. The monoisotopic (exact) mass is 407 g/mol. The Bertz CT molecular complexity index is 1200. The van der Waals surface area contributed by atoms with Gasteiger partial charge < -0.3 is 10.1 Å². The van der Waals surface area contributed by atoms with Crippen molar-refractivity contribution in [2.45, 2.75) is 16.5 Å². The average Bonchev–Trinajstić information content (AvgIpc) is 3.06. The highest BCUT2D eigenvalue weighted by atomic mass is 32.2. The number of benzene rings is 2. The first-order chi connectivity index (χ1) is 14.1. The summed E-state index contributed by atoms with van der Waals surface area (Å²) in [6, 6.07) is 16.6. The number of amides is 1. The van der Waals surface area contributed by atoms with Crippen molar-refractivity contribution in [2.75, 3.05) is 12.4 Å². The molecule has 4 rings (SSSR count). The predicted molar refractivity (Wildman–Crippen MR) is 109 cm³/mol. The average molecular weight is 407 g/mol. The van der Waals surface area contributed by atoms with E-state index in [1.165, 1.54) is 22.4 Å². The molecule has 0 aliphatic carbocycles. The number of aromatic nitrogens is 4. The van der Waals surface area contributed by atoms with Crippen LogP contribution in [0, 0.1) is 0 Å². The van der Waals surface area contributed by atoms with E-state index in [-0.39, 0.29) is 12.5 Å². The topological polar surface area (TPSA) is 90.5 Å². The Morgan fingerprint density at radius 1 is 1.14 bits per heavy atom. The minimum Gasteiger partial charge on any atom is -0.497 e. The molecule has 0 aliphatic rings. The molecular formula is C20H17N5O3S. The van der Waals surface area contributed by atoms with Gasteiger partial charge in [-0.2, -0.15) is 0 Å². The molecule has 2 heterocycles. The summed E-state index contributed by atoms with van der Waals surface area (Å²) in [6.45, 7) is -0.206. The molecule has 2 aromatic carbocycles. The van der Waals surface area contributed by atoms with Crippen molar-refractivity contribution in [2.24, 2.45) is 0 Å². The summed E-state index contributed by atoms with van der Waals surface area (Å²) < 4.78 is 7.61. The molecule has 9 heteroatoms. The van der Waals surface area contributed by atoms with Crippen LogP contribution in [-0.2, 0) is 11.3 Å². The molecule has 146 valence electrons.